The maximum Gasteiger partial charge on any atom is 0.258 e. The smallest absolute Gasteiger partial charge is 0.258 e. The minimum absolute atomic E-state index is 0.0738. The summed E-state index contributed by atoms with van der Waals surface area (Å²) < 4.78 is 57.8. The molecule has 4 atom stereocenters. The first-order valence-corrected chi connectivity index (χ1v) is 8.12. The molecule has 0 aromatic heterocycles. The number of fused-ring (bicyclic) bond motifs is 2. The van der Waals surface area contributed by atoms with Crippen molar-refractivity contribution in [3.05, 3.63) is 29.3 Å². The Morgan fingerprint density at radius 2 is 1.88 bits per heavy atom. The van der Waals surface area contributed by atoms with Gasteiger partial charge < -0.3 is 10.1 Å². The van der Waals surface area contributed by atoms with E-state index in [1.807, 2.05) is 6.92 Å². The monoisotopic (exact) mass is 345 g/mol. The SMILES string of the molecule is C[C@@H](NC(=O)COc1c(F)c(F)cc(F)c1F)[C@H]1C[C@H]2CC[C@H]1C2. The van der Waals surface area contributed by atoms with Gasteiger partial charge in [-0.05, 0) is 43.9 Å². The second kappa shape index (κ2) is 6.61. The average Bonchev–Trinajstić information content (AvgIpc) is 3.16. The summed E-state index contributed by atoms with van der Waals surface area (Å²) in [6.07, 6.45) is 4.69. The van der Waals surface area contributed by atoms with Gasteiger partial charge in [0.25, 0.3) is 5.91 Å². The summed E-state index contributed by atoms with van der Waals surface area (Å²) in [5.74, 6) is -6.49. The van der Waals surface area contributed by atoms with Gasteiger partial charge in [0, 0.05) is 12.1 Å². The van der Waals surface area contributed by atoms with Crippen LogP contribution in [-0.4, -0.2) is 18.6 Å². The lowest BCUT2D eigenvalue weighted by Gasteiger charge is -2.28. The molecule has 7 heteroatoms. The normalized spacial score (nSPS) is 26.5. The van der Waals surface area contributed by atoms with Crippen molar-refractivity contribution in [1.29, 1.82) is 0 Å². The fourth-order valence-electron chi connectivity index (χ4n) is 4.12. The fourth-order valence-corrected chi connectivity index (χ4v) is 4.12. The molecule has 0 radical (unpaired) electrons. The predicted molar refractivity (Wildman–Crippen MR) is 78.3 cm³/mol. The molecule has 0 saturated heterocycles. The lowest BCUT2D eigenvalue weighted by Crippen LogP contribution is -2.42. The number of hydrogen-bond donors (Lipinski definition) is 1. The quantitative estimate of drug-likeness (QED) is 0.655. The van der Waals surface area contributed by atoms with E-state index in [1.165, 1.54) is 19.3 Å². The van der Waals surface area contributed by atoms with Crippen LogP contribution < -0.4 is 10.1 Å². The third-order valence-corrected chi connectivity index (χ3v) is 5.24. The molecule has 0 heterocycles. The predicted octanol–water partition coefficient (Wildman–Crippen LogP) is 3.56. The van der Waals surface area contributed by atoms with E-state index in [1.54, 1.807) is 0 Å². The van der Waals surface area contributed by atoms with E-state index in [0.29, 0.717) is 11.8 Å². The molecule has 2 fully saturated rings. The molecule has 2 aliphatic carbocycles. The first-order chi connectivity index (χ1) is 11.4. The zero-order valence-electron chi connectivity index (χ0n) is 13.3. The molecule has 24 heavy (non-hydrogen) atoms. The molecule has 0 spiro atoms. The van der Waals surface area contributed by atoms with E-state index in [2.05, 4.69) is 10.1 Å². The molecule has 1 amide bonds. The standard InChI is InChI=1S/C17H19F4NO2/c1-8(11-5-9-2-3-10(11)4-9)22-14(23)7-24-17-15(20)12(18)6-13(19)16(17)21/h6,8-11H,2-5,7H2,1H3,(H,22,23)/t8-,9+,10+,11-/m1/s1. The van der Waals surface area contributed by atoms with Crippen LogP contribution in [0.4, 0.5) is 17.6 Å². The largest absolute Gasteiger partial charge is 0.477 e. The van der Waals surface area contributed by atoms with Crippen molar-refractivity contribution in [2.24, 2.45) is 17.8 Å². The summed E-state index contributed by atoms with van der Waals surface area (Å²) in [7, 11) is 0. The van der Waals surface area contributed by atoms with Crippen molar-refractivity contribution >= 4 is 5.91 Å². The first kappa shape index (κ1) is 17.0. The van der Waals surface area contributed by atoms with Crippen LogP contribution in [0.2, 0.25) is 0 Å². The van der Waals surface area contributed by atoms with Crippen LogP contribution in [0.1, 0.15) is 32.6 Å². The molecule has 1 N–H and O–H groups in total. The molecule has 2 saturated carbocycles. The van der Waals surface area contributed by atoms with Crippen LogP contribution in [0, 0.1) is 41.0 Å². The summed E-state index contributed by atoms with van der Waals surface area (Å²) in [5, 5.41) is 2.75. The highest BCUT2D eigenvalue weighted by atomic mass is 19.2. The number of amides is 1. The Hall–Kier alpha value is -1.79. The molecular formula is C17H19F4NO2. The molecule has 3 nitrogen and oxygen atoms in total. The van der Waals surface area contributed by atoms with Crippen LogP contribution in [0.15, 0.2) is 6.07 Å². The van der Waals surface area contributed by atoms with Gasteiger partial charge in [0.15, 0.2) is 24.0 Å². The van der Waals surface area contributed by atoms with E-state index in [-0.39, 0.29) is 12.1 Å². The number of ether oxygens (including phenoxy) is 1. The van der Waals surface area contributed by atoms with Gasteiger partial charge in [0.2, 0.25) is 11.6 Å². The average molecular weight is 345 g/mol. The van der Waals surface area contributed by atoms with Crippen molar-refractivity contribution in [3.8, 4) is 5.75 Å². The van der Waals surface area contributed by atoms with E-state index < -0.39 is 41.5 Å². The zero-order chi connectivity index (χ0) is 17.4. The summed E-state index contributed by atoms with van der Waals surface area (Å²) in [5.41, 5.74) is 0. The number of carbonyl (C=O) groups excluding carboxylic acids is 1. The highest BCUT2D eigenvalue weighted by molar-refractivity contribution is 5.77. The van der Waals surface area contributed by atoms with Crippen LogP contribution in [-0.2, 0) is 4.79 Å². The Morgan fingerprint density at radius 3 is 2.42 bits per heavy atom. The second-order valence-corrected chi connectivity index (χ2v) is 6.78. The number of halogens is 4. The topological polar surface area (TPSA) is 38.3 Å². The minimum Gasteiger partial charge on any atom is -0.477 e. The number of rotatable bonds is 5. The number of nitrogens with one attached hydrogen (secondary N) is 1. The third-order valence-electron chi connectivity index (χ3n) is 5.24. The maximum atomic E-state index is 13.5. The van der Waals surface area contributed by atoms with Gasteiger partial charge in [-0.25, -0.2) is 8.78 Å². The van der Waals surface area contributed by atoms with Crippen LogP contribution in [0.3, 0.4) is 0 Å². The van der Waals surface area contributed by atoms with Crippen LogP contribution in [0.5, 0.6) is 5.75 Å². The summed E-state index contributed by atoms with van der Waals surface area (Å²) in [6.45, 7) is 1.19. The van der Waals surface area contributed by atoms with Crippen molar-refractivity contribution < 1.29 is 27.1 Å². The van der Waals surface area contributed by atoms with Crippen LogP contribution >= 0.6 is 0 Å². The van der Waals surface area contributed by atoms with Gasteiger partial charge in [0.1, 0.15) is 0 Å². The second-order valence-electron chi connectivity index (χ2n) is 6.78. The lowest BCUT2D eigenvalue weighted by atomic mass is 9.84. The Kier molecular flexibility index (Phi) is 4.69. The number of hydrogen-bond acceptors (Lipinski definition) is 2. The van der Waals surface area contributed by atoms with Crippen LogP contribution in [0.25, 0.3) is 0 Å². The van der Waals surface area contributed by atoms with E-state index in [4.69, 9.17) is 0 Å². The molecule has 0 unspecified atom stereocenters. The van der Waals surface area contributed by atoms with Crippen molar-refractivity contribution in [1.82, 2.24) is 5.32 Å². The van der Waals surface area contributed by atoms with Crippen molar-refractivity contribution in [2.75, 3.05) is 6.61 Å². The molecule has 132 valence electrons. The molecule has 1 aromatic rings. The van der Waals surface area contributed by atoms with Gasteiger partial charge in [-0.15, -0.1) is 0 Å². The molecule has 2 bridgehead atoms. The Bertz CT molecular complexity index is 626. The molecular weight excluding hydrogens is 326 g/mol. The van der Waals surface area contributed by atoms with Crippen molar-refractivity contribution in [3.63, 3.8) is 0 Å². The zero-order valence-corrected chi connectivity index (χ0v) is 13.3. The summed E-state index contributed by atoms with van der Waals surface area (Å²) in [6, 6.07) is 0.0183. The highest BCUT2D eigenvalue weighted by Crippen LogP contribution is 2.49. The highest BCUT2D eigenvalue weighted by Gasteiger charge is 2.42. The fraction of sp³-hybridized carbons (Fsp3) is 0.588. The molecule has 0 aliphatic heterocycles. The minimum atomic E-state index is -1.65. The Morgan fingerprint density at radius 1 is 1.21 bits per heavy atom. The lowest BCUT2D eigenvalue weighted by molar-refractivity contribution is -0.124. The van der Waals surface area contributed by atoms with Gasteiger partial charge in [-0.2, -0.15) is 8.78 Å². The Balaban J connectivity index is 1.56. The first-order valence-electron chi connectivity index (χ1n) is 8.12. The van der Waals surface area contributed by atoms with E-state index in [0.717, 1.165) is 12.3 Å². The molecule has 2 aliphatic rings. The van der Waals surface area contributed by atoms with Gasteiger partial charge in [-0.3, -0.25) is 4.79 Å². The summed E-state index contributed by atoms with van der Waals surface area (Å²) in [4.78, 5) is 11.9. The van der Waals surface area contributed by atoms with E-state index in [9.17, 15) is 22.4 Å². The number of benzene rings is 1. The molecule has 3 rings (SSSR count). The van der Waals surface area contributed by atoms with Crippen molar-refractivity contribution in [2.45, 2.75) is 38.6 Å². The summed E-state index contributed by atoms with van der Waals surface area (Å²) >= 11 is 0. The van der Waals surface area contributed by atoms with Gasteiger partial charge >= 0.3 is 0 Å². The Labute approximate surface area is 137 Å². The molecule has 1 aromatic carbocycles. The van der Waals surface area contributed by atoms with Gasteiger partial charge in [0.05, 0.1) is 0 Å². The van der Waals surface area contributed by atoms with Gasteiger partial charge in [-0.1, -0.05) is 6.42 Å². The van der Waals surface area contributed by atoms with E-state index >= 15 is 0 Å². The number of carbonyl (C=O) groups is 1. The maximum absolute atomic E-state index is 13.5. The third kappa shape index (κ3) is 3.21.